The van der Waals surface area contributed by atoms with Crippen LogP contribution in [0.4, 0.5) is 0 Å². The lowest BCUT2D eigenvalue weighted by Gasteiger charge is -2.21. The Bertz CT molecular complexity index is 556. The van der Waals surface area contributed by atoms with E-state index < -0.39 is 0 Å². The highest BCUT2D eigenvalue weighted by Gasteiger charge is 2.18. The maximum Gasteiger partial charge on any atom is 0.195 e. The van der Waals surface area contributed by atoms with Crippen LogP contribution in [-0.2, 0) is 0 Å². The third-order valence-corrected chi connectivity index (χ3v) is 3.90. The van der Waals surface area contributed by atoms with Gasteiger partial charge in [-0.1, -0.05) is 50.6 Å². The molecule has 1 aromatic heterocycles. The zero-order chi connectivity index (χ0) is 13.1. The monoisotopic (exact) mass is 261 g/mol. The first kappa shape index (κ1) is 13.0. The summed E-state index contributed by atoms with van der Waals surface area (Å²) in [5.41, 5.74) is 1.10. The molecule has 1 aromatic carbocycles. The molecule has 96 valence electrons. The van der Waals surface area contributed by atoms with E-state index in [9.17, 15) is 0 Å². The van der Waals surface area contributed by atoms with Gasteiger partial charge in [0, 0.05) is 11.6 Å². The lowest BCUT2D eigenvalue weighted by Crippen LogP contribution is -2.14. The summed E-state index contributed by atoms with van der Waals surface area (Å²) >= 11 is 5.36. The number of aromatic nitrogens is 3. The van der Waals surface area contributed by atoms with E-state index in [2.05, 4.69) is 47.7 Å². The molecule has 1 heterocycles. The quantitative estimate of drug-likeness (QED) is 0.836. The SMILES string of the molecule is CCC(C)C(C)n1c(-c2ccccc2)n[nH]c1=S. The van der Waals surface area contributed by atoms with Gasteiger partial charge < -0.3 is 0 Å². The molecule has 18 heavy (non-hydrogen) atoms. The predicted octanol–water partition coefficient (Wildman–Crippen LogP) is 4.21. The van der Waals surface area contributed by atoms with Gasteiger partial charge in [0.15, 0.2) is 10.6 Å². The second-order valence-corrected chi connectivity index (χ2v) is 5.10. The molecule has 2 atom stereocenters. The number of nitrogens with one attached hydrogen (secondary N) is 1. The Balaban J connectivity index is 2.49. The summed E-state index contributed by atoms with van der Waals surface area (Å²) in [5.74, 6) is 1.49. The molecule has 0 saturated heterocycles. The fourth-order valence-corrected chi connectivity index (χ4v) is 2.37. The molecule has 3 nitrogen and oxygen atoms in total. The molecule has 0 amide bonds. The van der Waals surface area contributed by atoms with Gasteiger partial charge in [-0.15, -0.1) is 0 Å². The van der Waals surface area contributed by atoms with Crippen molar-refractivity contribution < 1.29 is 0 Å². The molecular formula is C14H19N3S. The molecule has 0 bridgehead atoms. The van der Waals surface area contributed by atoms with Crippen molar-refractivity contribution in [1.82, 2.24) is 14.8 Å². The molecule has 0 aliphatic rings. The van der Waals surface area contributed by atoms with Crippen molar-refractivity contribution in [3.05, 3.63) is 35.1 Å². The molecule has 2 aromatic rings. The van der Waals surface area contributed by atoms with Crippen LogP contribution >= 0.6 is 12.2 Å². The van der Waals surface area contributed by atoms with Crippen molar-refractivity contribution >= 4 is 12.2 Å². The van der Waals surface area contributed by atoms with Crippen LogP contribution in [0.1, 0.15) is 33.2 Å². The molecule has 2 unspecified atom stereocenters. The summed E-state index contributed by atoms with van der Waals surface area (Å²) in [5, 5.41) is 7.28. The Morgan fingerprint density at radius 1 is 1.28 bits per heavy atom. The normalized spacial score (nSPS) is 14.4. The van der Waals surface area contributed by atoms with Crippen LogP contribution in [-0.4, -0.2) is 14.8 Å². The summed E-state index contributed by atoms with van der Waals surface area (Å²) in [4.78, 5) is 0. The zero-order valence-corrected chi connectivity index (χ0v) is 11.9. The van der Waals surface area contributed by atoms with Crippen LogP contribution < -0.4 is 0 Å². The van der Waals surface area contributed by atoms with Crippen LogP contribution in [0.25, 0.3) is 11.4 Å². The average Bonchev–Trinajstić information content (AvgIpc) is 2.80. The third-order valence-electron chi connectivity index (χ3n) is 3.61. The van der Waals surface area contributed by atoms with Crippen LogP contribution in [0.2, 0.25) is 0 Å². The van der Waals surface area contributed by atoms with Gasteiger partial charge in [-0.3, -0.25) is 9.67 Å². The van der Waals surface area contributed by atoms with Crippen molar-refractivity contribution in [1.29, 1.82) is 0 Å². The standard InChI is InChI=1S/C14H19N3S/c1-4-10(2)11(3)17-13(15-16-14(17)18)12-8-6-5-7-9-12/h5-11H,4H2,1-3H3,(H,16,18). The van der Waals surface area contributed by atoms with E-state index in [1.54, 1.807) is 0 Å². The first-order chi connectivity index (χ1) is 8.65. The second kappa shape index (κ2) is 5.48. The highest BCUT2D eigenvalue weighted by Crippen LogP contribution is 2.26. The van der Waals surface area contributed by atoms with Gasteiger partial charge in [0.05, 0.1) is 0 Å². The Hall–Kier alpha value is -1.42. The minimum Gasteiger partial charge on any atom is -0.297 e. The van der Waals surface area contributed by atoms with E-state index in [0.717, 1.165) is 17.8 Å². The van der Waals surface area contributed by atoms with Gasteiger partial charge in [0.1, 0.15) is 0 Å². The predicted molar refractivity (Wildman–Crippen MR) is 77.0 cm³/mol. The largest absolute Gasteiger partial charge is 0.297 e. The Morgan fingerprint density at radius 3 is 2.56 bits per heavy atom. The van der Waals surface area contributed by atoms with Crippen LogP contribution in [0.5, 0.6) is 0 Å². The highest BCUT2D eigenvalue weighted by molar-refractivity contribution is 7.71. The van der Waals surface area contributed by atoms with Gasteiger partial charge in [0.25, 0.3) is 0 Å². The van der Waals surface area contributed by atoms with Gasteiger partial charge in [0.2, 0.25) is 0 Å². The highest BCUT2D eigenvalue weighted by atomic mass is 32.1. The summed E-state index contributed by atoms with van der Waals surface area (Å²) in [7, 11) is 0. The summed E-state index contributed by atoms with van der Waals surface area (Å²) < 4.78 is 2.82. The molecule has 0 aliphatic heterocycles. The molecule has 0 radical (unpaired) electrons. The fourth-order valence-electron chi connectivity index (χ4n) is 2.07. The molecule has 0 fully saturated rings. The van der Waals surface area contributed by atoms with Crippen molar-refractivity contribution in [3.8, 4) is 11.4 Å². The molecule has 0 aliphatic carbocycles. The lowest BCUT2D eigenvalue weighted by molar-refractivity contribution is 0.369. The molecule has 2 rings (SSSR count). The smallest absolute Gasteiger partial charge is 0.195 e. The van der Waals surface area contributed by atoms with Gasteiger partial charge in [-0.2, -0.15) is 5.10 Å². The Morgan fingerprint density at radius 2 is 1.94 bits per heavy atom. The van der Waals surface area contributed by atoms with E-state index in [-0.39, 0.29) is 0 Å². The van der Waals surface area contributed by atoms with E-state index in [0.29, 0.717) is 16.7 Å². The third kappa shape index (κ3) is 2.38. The van der Waals surface area contributed by atoms with Crippen LogP contribution in [0.15, 0.2) is 30.3 Å². The van der Waals surface area contributed by atoms with Crippen LogP contribution in [0, 0.1) is 10.7 Å². The molecular weight excluding hydrogens is 242 g/mol. The van der Waals surface area contributed by atoms with Gasteiger partial charge in [-0.05, 0) is 25.1 Å². The second-order valence-electron chi connectivity index (χ2n) is 4.71. The molecule has 1 N–H and O–H groups in total. The number of hydrogen-bond donors (Lipinski definition) is 1. The first-order valence-electron chi connectivity index (χ1n) is 6.37. The number of aromatic amines is 1. The average molecular weight is 261 g/mol. The van der Waals surface area contributed by atoms with Crippen molar-refractivity contribution in [2.24, 2.45) is 5.92 Å². The number of nitrogens with zero attached hydrogens (tertiary/aromatic N) is 2. The van der Waals surface area contributed by atoms with E-state index in [4.69, 9.17) is 12.2 Å². The zero-order valence-electron chi connectivity index (χ0n) is 11.1. The van der Waals surface area contributed by atoms with E-state index in [1.165, 1.54) is 0 Å². The molecule has 4 heteroatoms. The van der Waals surface area contributed by atoms with Gasteiger partial charge in [-0.25, -0.2) is 0 Å². The van der Waals surface area contributed by atoms with E-state index >= 15 is 0 Å². The van der Waals surface area contributed by atoms with Crippen molar-refractivity contribution in [2.75, 3.05) is 0 Å². The minimum absolute atomic E-state index is 0.344. The summed E-state index contributed by atoms with van der Waals surface area (Å²) in [6.07, 6.45) is 1.13. The summed E-state index contributed by atoms with van der Waals surface area (Å²) in [6, 6.07) is 10.5. The van der Waals surface area contributed by atoms with E-state index in [1.807, 2.05) is 18.2 Å². The number of benzene rings is 1. The molecule has 0 saturated carbocycles. The topological polar surface area (TPSA) is 33.6 Å². The Labute approximate surface area is 113 Å². The Kier molecular flexibility index (Phi) is 3.97. The number of hydrogen-bond acceptors (Lipinski definition) is 2. The lowest BCUT2D eigenvalue weighted by atomic mass is 10.0. The molecule has 0 spiro atoms. The number of H-pyrrole nitrogens is 1. The van der Waals surface area contributed by atoms with Crippen molar-refractivity contribution in [3.63, 3.8) is 0 Å². The minimum atomic E-state index is 0.344. The summed E-state index contributed by atoms with van der Waals surface area (Å²) in [6.45, 7) is 6.65. The number of rotatable bonds is 4. The first-order valence-corrected chi connectivity index (χ1v) is 6.78. The van der Waals surface area contributed by atoms with Gasteiger partial charge >= 0.3 is 0 Å². The maximum absolute atomic E-state index is 5.36. The van der Waals surface area contributed by atoms with Crippen LogP contribution in [0.3, 0.4) is 0 Å². The van der Waals surface area contributed by atoms with Crippen molar-refractivity contribution in [2.45, 2.75) is 33.2 Å². The maximum atomic E-state index is 5.36. The fraction of sp³-hybridized carbons (Fsp3) is 0.429.